The van der Waals surface area contributed by atoms with Gasteiger partial charge in [0.05, 0.1) is 17.9 Å². The second-order valence-corrected chi connectivity index (χ2v) is 7.56. The first-order valence-corrected chi connectivity index (χ1v) is 9.98. The lowest BCUT2D eigenvalue weighted by Crippen LogP contribution is -2.38. The third-order valence-corrected chi connectivity index (χ3v) is 4.80. The molecule has 6 nitrogen and oxygen atoms in total. The molecule has 0 aliphatic heterocycles. The quantitative estimate of drug-likeness (QED) is 0.340. The van der Waals surface area contributed by atoms with Crippen molar-refractivity contribution in [1.82, 2.24) is 15.4 Å². The first-order chi connectivity index (χ1) is 12.2. The van der Waals surface area contributed by atoms with Crippen molar-refractivity contribution in [3.8, 4) is 0 Å². The largest absolute Gasteiger partial charge is 0.416 e. The molecule has 3 N–H and O–H groups in total. The number of hydrogen-bond acceptors (Lipinski definition) is 3. The minimum absolute atomic E-state index is 0.0393. The Balaban J connectivity index is 2.50. The number of hydrogen-bond donors (Lipinski definition) is 3. The molecule has 0 aromatic heterocycles. The van der Waals surface area contributed by atoms with E-state index in [2.05, 4.69) is 20.3 Å². The maximum atomic E-state index is 12.5. The SMILES string of the molecule is CCNC(=NCc1ccc(C(F)(F)F)cc1)NCCCNS(=O)(=O)CC. The van der Waals surface area contributed by atoms with E-state index in [1.807, 2.05) is 6.92 Å². The van der Waals surface area contributed by atoms with E-state index in [9.17, 15) is 21.6 Å². The normalized spacial score (nSPS) is 12.9. The smallest absolute Gasteiger partial charge is 0.357 e. The summed E-state index contributed by atoms with van der Waals surface area (Å²) >= 11 is 0. The van der Waals surface area contributed by atoms with E-state index >= 15 is 0 Å². The Morgan fingerprint density at radius 3 is 2.27 bits per heavy atom. The van der Waals surface area contributed by atoms with Crippen molar-refractivity contribution < 1.29 is 21.6 Å². The molecule has 0 spiro atoms. The second-order valence-electron chi connectivity index (χ2n) is 5.47. The summed E-state index contributed by atoms with van der Waals surface area (Å²) in [7, 11) is -3.19. The molecular formula is C16H25F3N4O2S. The van der Waals surface area contributed by atoms with Gasteiger partial charge in [0.15, 0.2) is 5.96 Å². The van der Waals surface area contributed by atoms with Crippen LogP contribution >= 0.6 is 0 Å². The van der Waals surface area contributed by atoms with Gasteiger partial charge in [-0.2, -0.15) is 13.2 Å². The topological polar surface area (TPSA) is 82.6 Å². The first kappa shape index (κ1) is 22.2. The van der Waals surface area contributed by atoms with Crippen LogP contribution in [0.4, 0.5) is 13.2 Å². The fourth-order valence-corrected chi connectivity index (χ4v) is 2.60. The van der Waals surface area contributed by atoms with Crippen LogP contribution in [0.3, 0.4) is 0 Å². The lowest BCUT2D eigenvalue weighted by molar-refractivity contribution is -0.137. The molecule has 0 atom stereocenters. The predicted molar refractivity (Wildman–Crippen MR) is 96.3 cm³/mol. The molecule has 0 fully saturated rings. The van der Waals surface area contributed by atoms with Crippen molar-refractivity contribution in [2.75, 3.05) is 25.4 Å². The van der Waals surface area contributed by atoms with Gasteiger partial charge in [0.2, 0.25) is 10.0 Å². The number of nitrogens with zero attached hydrogens (tertiary/aromatic N) is 1. The Hall–Kier alpha value is -1.81. The summed E-state index contributed by atoms with van der Waals surface area (Å²) in [6.07, 6.45) is -3.78. The molecule has 1 aromatic rings. The molecular weight excluding hydrogens is 369 g/mol. The molecule has 0 heterocycles. The van der Waals surface area contributed by atoms with E-state index in [-0.39, 0.29) is 12.3 Å². The molecule has 148 valence electrons. The summed E-state index contributed by atoms with van der Waals surface area (Å²) in [4.78, 5) is 4.31. The van der Waals surface area contributed by atoms with Crippen molar-refractivity contribution in [1.29, 1.82) is 0 Å². The van der Waals surface area contributed by atoms with E-state index in [4.69, 9.17) is 0 Å². The van der Waals surface area contributed by atoms with Crippen LogP contribution in [-0.4, -0.2) is 39.8 Å². The van der Waals surface area contributed by atoms with Gasteiger partial charge in [-0.25, -0.2) is 18.1 Å². The number of rotatable bonds is 9. The highest BCUT2D eigenvalue weighted by Gasteiger charge is 2.29. The second kappa shape index (κ2) is 10.4. The van der Waals surface area contributed by atoms with Gasteiger partial charge >= 0.3 is 6.18 Å². The molecule has 1 rings (SSSR count). The molecule has 0 aliphatic carbocycles. The Morgan fingerprint density at radius 2 is 1.73 bits per heavy atom. The van der Waals surface area contributed by atoms with Gasteiger partial charge in [0.25, 0.3) is 0 Å². The summed E-state index contributed by atoms with van der Waals surface area (Å²) in [5.41, 5.74) is -0.0318. The van der Waals surface area contributed by atoms with E-state index in [0.29, 0.717) is 37.6 Å². The third-order valence-electron chi connectivity index (χ3n) is 3.39. The average molecular weight is 394 g/mol. The zero-order valence-electron chi connectivity index (χ0n) is 14.9. The third kappa shape index (κ3) is 8.52. The van der Waals surface area contributed by atoms with Crippen LogP contribution in [0.2, 0.25) is 0 Å². The lowest BCUT2D eigenvalue weighted by Gasteiger charge is -2.12. The number of benzene rings is 1. The summed E-state index contributed by atoms with van der Waals surface area (Å²) in [6, 6.07) is 4.86. The van der Waals surface area contributed by atoms with E-state index in [1.165, 1.54) is 12.1 Å². The number of sulfonamides is 1. The van der Waals surface area contributed by atoms with Gasteiger partial charge in [-0.15, -0.1) is 0 Å². The molecule has 26 heavy (non-hydrogen) atoms. The molecule has 0 saturated carbocycles. The standard InChI is InChI=1S/C16H25F3N4O2S/c1-3-20-15(21-10-5-11-23-26(24,25)4-2)22-12-13-6-8-14(9-7-13)16(17,18)19/h6-9,23H,3-5,10-12H2,1-2H3,(H2,20,21,22). The summed E-state index contributed by atoms with van der Waals surface area (Å²) < 4.78 is 62.7. The highest BCUT2D eigenvalue weighted by molar-refractivity contribution is 7.89. The maximum absolute atomic E-state index is 12.5. The van der Waals surface area contributed by atoms with E-state index in [0.717, 1.165) is 12.1 Å². The fraction of sp³-hybridized carbons (Fsp3) is 0.562. The molecule has 0 amide bonds. The molecule has 10 heteroatoms. The van der Waals surface area contributed by atoms with Gasteiger partial charge in [-0.1, -0.05) is 12.1 Å². The Kier molecular flexibility index (Phi) is 8.86. The molecule has 0 unspecified atom stereocenters. The van der Waals surface area contributed by atoms with E-state index < -0.39 is 21.8 Å². The summed E-state index contributed by atoms with van der Waals surface area (Å²) in [6.45, 7) is 5.15. The van der Waals surface area contributed by atoms with Crippen LogP contribution < -0.4 is 15.4 Å². The van der Waals surface area contributed by atoms with E-state index in [1.54, 1.807) is 6.92 Å². The maximum Gasteiger partial charge on any atom is 0.416 e. The highest BCUT2D eigenvalue weighted by Crippen LogP contribution is 2.29. The predicted octanol–water partition coefficient (Wildman–Crippen LogP) is 2.09. The zero-order valence-corrected chi connectivity index (χ0v) is 15.7. The molecule has 0 bridgehead atoms. The van der Waals surface area contributed by atoms with Crippen molar-refractivity contribution in [2.24, 2.45) is 4.99 Å². The van der Waals surface area contributed by atoms with Crippen molar-refractivity contribution in [2.45, 2.75) is 33.0 Å². The number of alkyl halides is 3. The van der Waals surface area contributed by atoms with Crippen LogP contribution in [0.15, 0.2) is 29.3 Å². The van der Waals surface area contributed by atoms with Crippen molar-refractivity contribution >= 4 is 16.0 Å². The van der Waals surface area contributed by atoms with Gasteiger partial charge in [-0.3, -0.25) is 0 Å². The van der Waals surface area contributed by atoms with Gasteiger partial charge in [0, 0.05) is 19.6 Å². The Morgan fingerprint density at radius 1 is 1.08 bits per heavy atom. The van der Waals surface area contributed by atoms with Gasteiger partial charge in [0.1, 0.15) is 0 Å². The molecule has 0 saturated heterocycles. The monoisotopic (exact) mass is 394 g/mol. The summed E-state index contributed by atoms with van der Waals surface area (Å²) in [5.74, 6) is 0.559. The average Bonchev–Trinajstić information content (AvgIpc) is 2.58. The number of nitrogens with one attached hydrogen (secondary N) is 3. The zero-order chi connectivity index (χ0) is 19.6. The van der Waals surface area contributed by atoms with Gasteiger partial charge < -0.3 is 10.6 Å². The minimum atomic E-state index is -4.35. The molecule has 0 aliphatic rings. The fourth-order valence-electron chi connectivity index (χ4n) is 1.94. The number of halogens is 3. The van der Waals surface area contributed by atoms with Crippen LogP contribution in [-0.2, 0) is 22.7 Å². The number of guanidine groups is 1. The Labute approximate surface area is 152 Å². The lowest BCUT2D eigenvalue weighted by atomic mass is 10.1. The highest BCUT2D eigenvalue weighted by atomic mass is 32.2. The van der Waals surface area contributed by atoms with Gasteiger partial charge in [-0.05, 0) is 38.0 Å². The first-order valence-electron chi connectivity index (χ1n) is 8.33. The van der Waals surface area contributed by atoms with Crippen LogP contribution in [0.5, 0.6) is 0 Å². The molecule has 1 aromatic carbocycles. The van der Waals surface area contributed by atoms with Crippen LogP contribution in [0.25, 0.3) is 0 Å². The number of aliphatic imine (C=N–C) groups is 1. The van der Waals surface area contributed by atoms with Crippen molar-refractivity contribution in [3.05, 3.63) is 35.4 Å². The summed E-state index contributed by atoms with van der Waals surface area (Å²) in [5, 5.41) is 6.08. The minimum Gasteiger partial charge on any atom is -0.357 e. The van der Waals surface area contributed by atoms with Crippen LogP contribution in [0, 0.1) is 0 Å². The van der Waals surface area contributed by atoms with Crippen LogP contribution in [0.1, 0.15) is 31.4 Å². The van der Waals surface area contributed by atoms with Crippen molar-refractivity contribution in [3.63, 3.8) is 0 Å². The molecule has 0 radical (unpaired) electrons. The Bertz CT molecular complexity index is 674.